The minimum atomic E-state index is -0.356. The van der Waals surface area contributed by atoms with Gasteiger partial charge in [0, 0.05) is 31.3 Å². The van der Waals surface area contributed by atoms with Crippen molar-refractivity contribution in [3.05, 3.63) is 39.9 Å². The molecule has 1 aromatic rings. The summed E-state index contributed by atoms with van der Waals surface area (Å²) in [6, 6.07) is 6.77. The van der Waals surface area contributed by atoms with Crippen LogP contribution in [0.5, 0.6) is 0 Å². The Morgan fingerprint density at radius 2 is 2.03 bits per heavy atom. The van der Waals surface area contributed by atoms with Crippen LogP contribution in [-0.4, -0.2) is 78.7 Å². The summed E-state index contributed by atoms with van der Waals surface area (Å²) in [5.41, 5.74) is 1.04. The summed E-state index contributed by atoms with van der Waals surface area (Å²) >= 11 is 0. The fourth-order valence-corrected chi connectivity index (χ4v) is 4.78. The monoisotopic (exact) mass is 418 g/mol. The molecule has 1 N–H and O–H groups in total. The van der Waals surface area contributed by atoms with E-state index in [4.69, 9.17) is 4.74 Å². The highest BCUT2D eigenvalue weighted by Crippen LogP contribution is 2.26. The molecule has 2 heterocycles. The molecule has 0 aromatic heterocycles. The van der Waals surface area contributed by atoms with Crippen LogP contribution in [0.3, 0.4) is 0 Å². The number of carbonyl (C=O) groups excluding carboxylic acids is 1. The predicted molar refractivity (Wildman–Crippen MR) is 115 cm³/mol. The molecule has 0 radical (unpaired) electrons. The second-order valence-electron chi connectivity index (χ2n) is 8.28. The Kier molecular flexibility index (Phi) is 8.18. The summed E-state index contributed by atoms with van der Waals surface area (Å²) in [6.07, 6.45) is 2.65. The van der Waals surface area contributed by atoms with E-state index in [0.717, 1.165) is 38.0 Å². The van der Waals surface area contributed by atoms with Gasteiger partial charge in [-0.2, -0.15) is 0 Å². The number of piperidine rings is 1. The Balaban J connectivity index is 1.80. The van der Waals surface area contributed by atoms with E-state index in [0.29, 0.717) is 38.6 Å². The lowest BCUT2D eigenvalue weighted by molar-refractivity contribution is -0.384. The standard InChI is InChI=1S/C22H34N4O4/c1-3-25(17(2)15-18-5-4-6-20(16-18)26(28)29)21(19-7-9-23-10-8-19)22(27)24-11-13-30-14-12-24/h4-6,16-17,19,21,23H,3,7-15H2,1-2H3. The topological polar surface area (TPSA) is 88.0 Å². The first-order chi connectivity index (χ1) is 14.5. The van der Waals surface area contributed by atoms with Crippen molar-refractivity contribution < 1.29 is 14.5 Å². The lowest BCUT2D eigenvalue weighted by atomic mass is 9.86. The molecular weight excluding hydrogens is 384 g/mol. The van der Waals surface area contributed by atoms with Crippen LogP contribution >= 0.6 is 0 Å². The average molecular weight is 419 g/mol. The minimum Gasteiger partial charge on any atom is -0.378 e. The molecule has 3 rings (SSSR count). The molecule has 8 heteroatoms. The summed E-state index contributed by atoms with van der Waals surface area (Å²) in [7, 11) is 0. The number of nitro benzene ring substituents is 1. The van der Waals surface area contributed by atoms with Crippen molar-refractivity contribution in [3.63, 3.8) is 0 Å². The van der Waals surface area contributed by atoms with E-state index in [1.807, 2.05) is 11.0 Å². The Labute approximate surface area is 178 Å². The number of likely N-dealkylation sites (N-methyl/N-ethyl adjacent to an activating group) is 1. The number of benzene rings is 1. The molecule has 0 bridgehead atoms. The number of nitrogens with one attached hydrogen (secondary N) is 1. The van der Waals surface area contributed by atoms with E-state index >= 15 is 0 Å². The van der Waals surface area contributed by atoms with Gasteiger partial charge in [0.15, 0.2) is 0 Å². The summed E-state index contributed by atoms with van der Waals surface area (Å²) in [4.78, 5) is 28.7. The van der Waals surface area contributed by atoms with Gasteiger partial charge in [0.2, 0.25) is 5.91 Å². The van der Waals surface area contributed by atoms with E-state index in [1.165, 1.54) is 6.07 Å². The van der Waals surface area contributed by atoms with Crippen molar-refractivity contribution in [2.24, 2.45) is 5.92 Å². The highest BCUT2D eigenvalue weighted by Gasteiger charge is 2.38. The minimum absolute atomic E-state index is 0.0990. The van der Waals surface area contributed by atoms with E-state index in [1.54, 1.807) is 12.1 Å². The molecule has 2 fully saturated rings. The van der Waals surface area contributed by atoms with E-state index in [-0.39, 0.29) is 28.6 Å². The van der Waals surface area contributed by atoms with Crippen molar-refractivity contribution in [1.82, 2.24) is 15.1 Å². The van der Waals surface area contributed by atoms with Gasteiger partial charge in [-0.1, -0.05) is 19.1 Å². The van der Waals surface area contributed by atoms with E-state index < -0.39 is 0 Å². The fraction of sp³-hybridized carbons (Fsp3) is 0.682. The number of ether oxygens (including phenoxy) is 1. The number of morpholine rings is 1. The van der Waals surface area contributed by atoms with Crippen molar-refractivity contribution >= 4 is 11.6 Å². The number of nitro groups is 1. The number of hydrogen-bond donors (Lipinski definition) is 1. The smallest absolute Gasteiger partial charge is 0.269 e. The van der Waals surface area contributed by atoms with Gasteiger partial charge in [-0.15, -0.1) is 0 Å². The molecule has 1 aromatic carbocycles. The quantitative estimate of drug-likeness (QED) is 0.514. The van der Waals surface area contributed by atoms with Crippen molar-refractivity contribution in [3.8, 4) is 0 Å². The Morgan fingerprint density at radius 1 is 1.33 bits per heavy atom. The molecule has 2 saturated heterocycles. The highest BCUT2D eigenvalue weighted by atomic mass is 16.6. The number of hydrogen-bond acceptors (Lipinski definition) is 6. The van der Waals surface area contributed by atoms with Gasteiger partial charge in [0.1, 0.15) is 0 Å². The fourth-order valence-electron chi connectivity index (χ4n) is 4.78. The van der Waals surface area contributed by atoms with Gasteiger partial charge in [0.05, 0.1) is 24.2 Å². The van der Waals surface area contributed by atoms with Crippen LogP contribution in [-0.2, 0) is 16.0 Å². The number of rotatable bonds is 8. The number of nitrogens with zero attached hydrogens (tertiary/aromatic N) is 3. The van der Waals surface area contributed by atoms with Crippen molar-refractivity contribution in [1.29, 1.82) is 0 Å². The van der Waals surface area contributed by atoms with Crippen LogP contribution in [0.1, 0.15) is 32.3 Å². The third-order valence-electron chi connectivity index (χ3n) is 6.35. The Morgan fingerprint density at radius 3 is 2.67 bits per heavy atom. The first-order valence-corrected chi connectivity index (χ1v) is 11.1. The zero-order valence-corrected chi connectivity index (χ0v) is 18.1. The van der Waals surface area contributed by atoms with Crippen LogP contribution in [0.25, 0.3) is 0 Å². The third kappa shape index (κ3) is 5.56. The Hall–Kier alpha value is -2.03. The zero-order valence-electron chi connectivity index (χ0n) is 18.1. The molecule has 2 aliphatic heterocycles. The highest BCUT2D eigenvalue weighted by molar-refractivity contribution is 5.82. The van der Waals surface area contributed by atoms with Gasteiger partial charge in [-0.05, 0) is 57.3 Å². The maximum Gasteiger partial charge on any atom is 0.269 e. The van der Waals surface area contributed by atoms with Crippen LogP contribution in [0.2, 0.25) is 0 Å². The van der Waals surface area contributed by atoms with Crippen molar-refractivity contribution in [2.45, 2.75) is 45.2 Å². The predicted octanol–water partition coefficient (Wildman–Crippen LogP) is 2.07. The van der Waals surface area contributed by atoms with E-state index in [9.17, 15) is 14.9 Å². The lowest BCUT2D eigenvalue weighted by Gasteiger charge is -2.43. The molecule has 30 heavy (non-hydrogen) atoms. The summed E-state index contributed by atoms with van der Waals surface area (Å²) in [5, 5.41) is 14.5. The third-order valence-corrected chi connectivity index (χ3v) is 6.35. The molecule has 0 spiro atoms. The molecule has 0 aliphatic carbocycles. The van der Waals surface area contributed by atoms with Crippen LogP contribution in [0, 0.1) is 16.0 Å². The molecule has 1 amide bonds. The van der Waals surface area contributed by atoms with Gasteiger partial charge in [0.25, 0.3) is 5.69 Å². The normalized spacial score (nSPS) is 20.2. The molecule has 2 atom stereocenters. The van der Waals surface area contributed by atoms with Gasteiger partial charge in [-0.25, -0.2) is 0 Å². The summed E-state index contributed by atoms with van der Waals surface area (Å²) < 4.78 is 5.45. The van der Waals surface area contributed by atoms with E-state index in [2.05, 4.69) is 24.1 Å². The molecule has 166 valence electrons. The number of amides is 1. The van der Waals surface area contributed by atoms with Crippen LogP contribution in [0.4, 0.5) is 5.69 Å². The lowest BCUT2D eigenvalue weighted by Crippen LogP contribution is -2.58. The zero-order chi connectivity index (χ0) is 21.5. The van der Waals surface area contributed by atoms with Crippen LogP contribution < -0.4 is 5.32 Å². The van der Waals surface area contributed by atoms with Gasteiger partial charge >= 0.3 is 0 Å². The number of carbonyl (C=O) groups is 1. The molecule has 2 unspecified atom stereocenters. The SMILES string of the molecule is CCN(C(C)Cc1cccc([N+](=O)[O-])c1)C(C(=O)N1CCOCC1)C1CCNCC1. The second-order valence-corrected chi connectivity index (χ2v) is 8.28. The summed E-state index contributed by atoms with van der Waals surface area (Å²) in [6.45, 7) is 9.37. The molecule has 8 nitrogen and oxygen atoms in total. The van der Waals surface area contributed by atoms with Gasteiger partial charge in [-0.3, -0.25) is 19.8 Å². The largest absolute Gasteiger partial charge is 0.378 e. The van der Waals surface area contributed by atoms with Gasteiger partial charge < -0.3 is 15.0 Å². The molecular formula is C22H34N4O4. The average Bonchev–Trinajstić information content (AvgIpc) is 2.78. The molecule has 2 aliphatic rings. The first-order valence-electron chi connectivity index (χ1n) is 11.1. The van der Waals surface area contributed by atoms with Crippen molar-refractivity contribution in [2.75, 3.05) is 45.9 Å². The Bertz CT molecular complexity index is 717. The first kappa shape index (κ1) is 22.7. The van der Waals surface area contributed by atoms with Crippen LogP contribution in [0.15, 0.2) is 24.3 Å². The number of non-ortho nitro benzene ring substituents is 1. The maximum atomic E-state index is 13.6. The maximum absolute atomic E-state index is 13.6. The second kappa shape index (κ2) is 10.8. The summed E-state index contributed by atoms with van der Waals surface area (Å²) in [5.74, 6) is 0.520. The molecule has 0 saturated carbocycles.